The van der Waals surface area contributed by atoms with Crippen molar-refractivity contribution in [1.29, 1.82) is 0 Å². The van der Waals surface area contributed by atoms with E-state index in [9.17, 15) is 4.39 Å². The fourth-order valence-electron chi connectivity index (χ4n) is 1.11. The second-order valence-corrected chi connectivity index (χ2v) is 4.47. The maximum absolute atomic E-state index is 13.3. The Morgan fingerprint density at radius 3 is 2.33 bits per heavy atom. The van der Waals surface area contributed by atoms with E-state index in [1.54, 1.807) is 0 Å². The van der Waals surface area contributed by atoms with Gasteiger partial charge < -0.3 is 10.1 Å². The van der Waals surface area contributed by atoms with Crippen molar-refractivity contribution < 1.29 is 9.13 Å². The molecule has 0 aromatic rings. The Bertz CT molecular complexity index is 149. The van der Waals surface area contributed by atoms with E-state index in [4.69, 9.17) is 4.74 Å². The zero-order chi connectivity index (χ0) is 9.24. The van der Waals surface area contributed by atoms with Gasteiger partial charge in [-0.05, 0) is 20.8 Å². The molecule has 1 fully saturated rings. The van der Waals surface area contributed by atoms with Crippen LogP contribution < -0.4 is 5.32 Å². The van der Waals surface area contributed by atoms with Crippen molar-refractivity contribution in [2.45, 2.75) is 38.5 Å². The summed E-state index contributed by atoms with van der Waals surface area (Å²) >= 11 is 0. The topological polar surface area (TPSA) is 21.3 Å². The number of ether oxygens (including phenoxy) is 1. The van der Waals surface area contributed by atoms with Gasteiger partial charge in [0.15, 0.2) is 0 Å². The Morgan fingerprint density at radius 1 is 1.42 bits per heavy atom. The van der Waals surface area contributed by atoms with Gasteiger partial charge in [0, 0.05) is 19.5 Å². The molecule has 0 spiro atoms. The molecule has 0 radical (unpaired) electrons. The summed E-state index contributed by atoms with van der Waals surface area (Å²) in [5, 5.41) is 2.92. The second kappa shape index (κ2) is 3.30. The third-order valence-corrected chi connectivity index (χ3v) is 1.97. The van der Waals surface area contributed by atoms with Crippen molar-refractivity contribution in [1.82, 2.24) is 5.32 Å². The summed E-state index contributed by atoms with van der Waals surface area (Å²) in [6, 6.07) is 0. The highest BCUT2D eigenvalue weighted by atomic mass is 19.1. The summed E-state index contributed by atoms with van der Waals surface area (Å²) in [4.78, 5) is 0. The lowest BCUT2D eigenvalue weighted by Gasteiger charge is -2.35. The molecule has 0 amide bonds. The smallest absolute Gasteiger partial charge is 0.137 e. The highest BCUT2D eigenvalue weighted by Gasteiger charge is 2.36. The van der Waals surface area contributed by atoms with E-state index in [1.807, 2.05) is 20.8 Å². The summed E-state index contributed by atoms with van der Waals surface area (Å²) in [7, 11) is 0. The minimum atomic E-state index is -0.995. The van der Waals surface area contributed by atoms with Crippen molar-refractivity contribution in [2.75, 3.05) is 19.7 Å². The zero-order valence-corrected chi connectivity index (χ0v) is 8.11. The molecule has 0 aliphatic carbocycles. The van der Waals surface area contributed by atoms with Crippen LogP contribution in [0.15, 0.2) is 0 Å². The summed E-state index contributed by atoms with van der Waals surface area (Å²) in [6.07, 6.45) is 0.511. The lowest BCUT2D eigenvalue weighted by Crippen LogP contribution is -2.56. The van der Waals surface area contributed by atoms with Gasteiger partial charge in [-0.3, -0.25) is 0 Å². The number of rotatable bonds is 3. The molecule has 0 atom stereocenters. The molecule has 0 aromatic heterocycles. The summed E-state index contributed by atoms with van der Waals surface area (Å²) < 4.78 is 18.8. The molecular weight excluding hydrogens is 157 g/mol. The van der Waals surface area contributed by atoms with Gasteiger partial charge in [0.25, 0.3) is 0 Å². The van der Waals surface area contributed by atoms with Gasteiger partial charge >= 0.3 is 0 Å². The molecule has 0 unspecified atom stereocenters. The summed E-state index contributed by atoms with van der Waals surface area (Å²) in [6.45, 7) is 7.44. The molecule has 0 bridgehead atoms. The minimum Gasteiger partial charge on any atom is -0.376 e. The predicted octanol–water partition coefficient (Wildman–Crippen LogP) is 1.50. The molecule has 1 N–H and O–H groups in total. The van der Waals surface area contributed by atoms with E-state index in [0.717, 1.165) is 0 Å². The van der Waals surface area contributed by atoms with Gasteiger partial charge in [-0.2, -0.15) is 0 Å². The van der Waals surface area contributed by atoms with Crippen LogP contribution in [0.2, 0.25) is 0 Å². The average molecular weight is 175 g/mol. The van der Waals surface area contributed by atoms with Crippen LogP contribution in [0, 0.1) is 0 Å². The molecule has 12 heavy (non-hydrogen) atoms. The van der Waals surface area contributed by atoms with Gasteiger partial charge in [-0.15, -0.1) is 0 Å². The molecule has 1 rings (SSSR count). The molecule has 2 nitrogen and oxygen atoms in total. The van der Waals surface area contributed by atoms with Gasteiger partial charge in [-0.25, -0.2) is 4.39 Å². The first-order valence-electron chi connectivity index (χ1n) is 4.45. The first-order chi connectivity index (χ1) is 5.41. The lowest BCUT2D eigenvalue weighted by molar-refractivity contribution is -0.0344. The maximum Gasteiger partial charge on any atom is 0.137 e. The molecule has 0 saturated carbocycles. The van der Waals surface area contributed by atoms with Crippen molar-refractivity contribution in [2.24, 2.45) is 0 Å². The van der Waals surface area contributed by atoms with Crippen LogP contribution in [0.5, 0.6) is 0 Å². The Labute approximate surface area is 73.5 Å². The highest BCUT2D eigenvalue weighted by Crippen LogP contribution is 2.21. The molecule has 1 saturated heterocycles. The molecule has 1 heterocycles. The number of alkyl halides is 1. The highest BCUT2D eigenvalue weighted by molar-refractivity contribution is 4.92. The van der Waals surface area contributed by atoms with Crippen molar-refractivity contribution in [3.05, 3.63) is 0 Å². The first-order valence-corrected chi connectivity index (χ1v) is 4.45. The Kier molecular flexibility index (Phi) is 2.74. The van der Waals surface area contributed by atoms with E-state index in [0.29, 0.717) is 26.1 Å². The van der Waals surface area contributed by atoms with E-state index < -0.39 is 5.67 Å². The number of nitrogens with one attached hydrogen (secondary N) is 1. The summed E-state index contributed by atoms with van der Waals surface area (Å²) in [5.41, 5.74) is -1.14. The Hall–Kier alpha value is -0.150. The van der Waals surface area contributed by atoms with Crippen molar-refractivity contribution in [3.63, 3.8) is 0 Å². The van der Waals surface area contributed by atoms with Crippen LogP contribution in [-0.2, 0) is 4.74 Å². The molecule has 0 aromatic carbocycles. The van der Waals surface area contributed by atoms with E-state index >= 15 is 0 Å². The van der Waals surface area contributed by atoms with Crippen molar-refractivity contribution >= 4 is 0 Å². The average Bonchev–Trinajstić information content (AvgIpc) is 1.81. The van der Waals surface area contributed by atoms with Gasteiger partial charge in [-0.1, -0.05) is 0 Å². The SMILES string of the molecule is CC(C)(C)OCCC1(F)CNC1. The third-order valence-electron chi connectivity index (χ3n) is 1.97. The van der Waals surface area contributed by atoms with Gasteiger partial charge in [0.2, 0.25) is 0 Å². The van der Waals surface area contributed by atoms with Crippen LogP contribution in [0.3, 0.4) is 0 Å². The first kappa shape index (κ1) is 9.93. The molecule has 72 valence electrons. The van der Waals surface area contributed by atoms with E-state index in [1.165, 1.54) is 0 Å². The van der Waals surface area contributed by atoms with E-state index in [-0.39, 0.29) is 5.60 Å². The monoisotopic (exact) mass is 175 g/mol. The number of hydrogen-bond donors (Lipinski definition) is 1. The van der Waals surface area contributed by atoms with Crippen LogP contribution in [0.4, 0.5) is 4.39 Å². The van der Waals surface area contributed by atoms with Gasteiger partial charge in [0.05, 0.1) is 12.2 Å². The lowest BCUT2D eigenvalue weighted by atomic mass is 9.96. The second-order valence-electron chi connectivity index (χ2n) is 4.47. The predicted molar refractivity (Wildman–Crippen MR) is 47.0 cm³/mol. The maximum atomic E-state index is 13.3. The fraction of sp³-hybridized carbons (Fsp3) is 1.00. The van der Waals surface area contributed by atoms with Crippen LogP contribution in [0.25, 0.3) is 0 Å². The summed E-state index contributed by atoms with van der Waals surface area (Å²) in [5.74, 6) is 0. The minimum absolute atomic E-state index is 0.145. The normalized spacial score (nSPS) is 22.0. The van der Waals surface area contributed by atoms with Crippen LogP contribution in [-0.4, -0.2) is 31.0 Å². The quantitative estimate of drug-likeness (QED) is 0.702. The molecule has 3 heteroatoms. The standard InChI is InChI=1S/C9H18FNO/c1-8(2,3)12-5-4-9(10)6-11-7-9/h11H,4-7H2,1-3H3. The Morgan fingerprint density at radius 2 is 2.00 bits per heavy atom. The fourth-order valence-corrected chi connectivity index (χ4v) is 1.11. The Balaban J connectivity index is 2.10. The number of halogens is 1. The molecular formula is C9H18FNO. The van der Waals surface area contributed by atoms with Crippen LogP contribution >= 0.6 is 0 Å². The van der Waals surface area contributed by atoms with E-state index in [2.05, 4.69) is 5.32 Å². The largest absolute Gasteiger partial charge is 0.376 e. The molecule has 1 aliphatic heterocycles. The van der Waals surface area contributed by atoms with Crippen molar-refractivity contribution in [3.8, 4) is 0 Å². The number of hydrogen-bond acceptors (Lipinski definition) is 2. The zero-order valence-electron chi connectivity index (χ0n) is 8.11. The van der Waals surface area contributed by atoms with Gasteiger partial charge in [0.1, 0.15) is 5.67 Å². The molecule has 1 aliphatic rings. The van der Waals surface area contributed by atoms with Crippen LogP contribution in [0.1, 0.15) is 27.2 Å². The third kappa shape index (κ3) is 3.07.